The lowest BCUT2D eigenvalue weighted by Gasteiger charge is -2.37. The first-order valence-corrected chi connectivity index (χ1v) is 8.97. The van der Waals surface area contributed by atoms with E-state index in [0.717, 1.165) is 25.7 Å². The van der Waals surface area contributed by atoms with Crippen LogP contribution >= 0.6 is 15.9 Å². The monoisotopic (exact) mass is 393 g/mol. The Kier molecular flexibility index (Phi) is 2.87. The number of hydrogen-bond acceptors (Lipinski definition) is 5. The van der Waals surface area contributed by atoms with Crippen molar-refractivity contribution in [1.82, 2.24) is 9.80 Å². The molecule has 2 amide bonds. The van der Waals surface area contributed by atoms with Gasteiger partial charge in [0.1, 0.15) is 11.1 Å². The largest absolute Gasteiger partial charge is 0.468 e. The van der Waals surface area contributed by atoms with Crippen molar-refractivity contribution in [2.24, 2.45) is 0 Å². The van der Waals surface area contributed by atoms with Gasteiger partial charge in [0.25, 0.3) is 11.8 Å². The second-order valence-corrected chi connectivity index (χ2v) is 7.36. The van der Waals surface area contributed by atoms with Gasteiger partial charge in [-0.3, -0.25) is 9.59 Å². The first-order chi connectivity index (χ1) is 11.6. The van der Waals surface area contributed by atoms with Gasteiger partial charge in [-0.05, 0) is 28.8 Å². The van der Waals surface area contributed by atoms with E-state index in [1.165, 1.54) is 0 Å². The molecule has 1 unspecified atom stereocenters. The molecule has 0 aliphatic carbocycles. The van der Waals surface area contributed by atoms with Gasteiger partial charge in [-0.2, -0.15) is 0 Å². The maximum Gasteiger partial charge on any atom is 0.262 e. The fraction of sp³-hybridized carbons (Fsp3) is 0.500. The molecule has 24 heavy (non-hydrogen) atoms. The summed E-state index contributed by atoms with van der Waals surface area (Å²) >= 11 is 3.47. The molecular weight excluding hydrogens is 378 g/mol. The van der Waals surface area contributed by atoms with Gasteiger partial charge in [0.2, 0.25) is 0 Å². The van der Waals surface area contributed by atoms with Crippen LogP contribution in [0.15, 0.2) is 4.47 Å². The highest BCUT2D eigenvalue weighted by atomic mass is 79.9. The Hall–Kier alpha value is -1.96. The molecule has 4 heterocycles. The van der Waals surface area contributed by atoms with Gasteiger partial charge in [0, 0.05) is 25.9 Å². The van der Waals surface area contributed by atoms with Gasteiger partial charge < -0.3 is 25.0 Å². The summed E-state index contributed by atoms with van der Waals surface area (Å²) in [5.74, 6) is 0.409. The van der Waals surface area contributed by atoms with Crippen molar-refractivity contribution in [2.75, 3.05) is 18.8 Å². The molecule has 2 N–H and O–H groups in total. The molecule has 0 saturated carbocycles. The number of benzene rings is 1. The standard InChI is InChI=1S/C16H16BrN3O4/c17-11-9-14(24-8-4-2-5-19(8)15(9)21)12(18)10-13(11)23-7-3-1-6-20(7)16(10)22/h7-8H,1-6,18H2/t7-,8?/m0/s1. The van der Waals surface area contributed by atoms with Crippen molar-refractivity contribution in [1.29, 1.82) is 0 Å². The van der Waals surface area contributed by atoms with Gasteiger partial charge in [0.05, 0.1) is 10.2 Å². The lowest BCUT2D eigenvalue weighted by Crippen LogP contribution is -2.46. The quantitative estimate of drug-likeness (QED) is 0.680. The van der Waals surface area contributed by atoms with E-state index in [2.05, 4.69) is 15.9 Å². The van der Waals surface area contributed by atoms with Crippen LogP contribution in [0.3, 0.4) is 0 Å². The molecule has 4 aliphatic heterocycles. The summed E-state index contributed by atoms with van der Waals surface area (Å²) in [7, 11) is 0. The zero-order chi connectivity index (χ0) is 16.6. The summed E-state index contributed by atoms with van der Waals surface area (Å²) in [5.41, 5.74) is 7.14. The average Bonchev–Trinajstić information content (AvgIpc) is 3.21. The van der Waals surface area contributed by atoms with E-state index in [-0.39, 0.29) is 30.0 Å². The summed E-state index contributed by atoms with van der Waals surface area (Å²) in [6.07, 6.45) is 2.78. The number of ether oxygens (including phenoxy) is 2. The smallest absolute Gasteiger partial charge is 0.262 e. The lowest BCUT2D eigenvalue weighted by atomic mass is 10.0. The number of halogens is 1. The number of amides is 2. The number of carbonyl (C=O) groups is 2. The number of hydrogen-bond donors (Lipinski definition) is 1. The number of fused-ring (bicyclic) bond motifs is 4. The van der Waals surface area contributed by atoms with Crippen LogP contribution in [0, 0.1) is 0 Å². The SMILES string of the molecule is Nc1c2c(c(Br)c3c1C(=O)N1CCC[C@@H]1O3)C(=O)N1CCCC1O2. The van der Waals surface area contributed by atoms with Crippen molar-refractivity contribution < 1.29 is 19.1 Å². The molecule has 5 rings (SSSR count). The Balaban J connectivity index is 1.73. The van der Waals surface area contributed by atoms with Crippen LogP contribution in [0.5, 0.6) is 11.5 Å². The van der Waals surface area contributed by atoms with Gasteiger partial charge in [0.15, 0.2) is 24.0 Å². The van der Waals surface area contributed by atoms with E-state index in [4.69, 9.17) is 15.2 Å². The molecule has 2 saturated heterocycles. The predicted octanol–water partition coefficient (Wildman–Crippen LogP) is 1.94. The molecule has 1 aromatic carbocycles. The van der Waals surface area contributed by atoms with Crippen LogP contribution in [0.25, 0.3) is 0 Å². The van der Waals surface area contributed by atoms with E-state index < -0.39 is 0 Å². The lowest BCUT2D eigenvalue weighted by molar-refractivity contribution is 0.0237. The molecule has 4 aliphatic rings. The summed E-state index contributed by atoms with van der Waals surface area (Å²) in [6.45, 7) is 1.33. The Labute approximate surface area is 146 Å². The number of rotatable bonds is 0. The first-order valence-electron chi connectivity index (χ1n) is 8.18. The van der Waals surface area contributed by atoms with Crippen LogP contribution in [-0.2, 0) is 0 Å². The highest BCUT2D eigenvalue weighted by Crippen LogP contribution is 2.50. The Bertz CT molecular complexity index is 731. The summed E-state index contributed by atoms with van der Waals surface area (Å²) in [6, 6.07) is 0. The Morgan fingerprint density at radius 2 is 1.46 bits per heavy atom. The minimum Gasteiger partial charge on any atom is -0.468 e. The predicted molar refractivity (Wildman–Crippen MR) is 87.9 cm³/mol. The number of nitrogens with two attached hydrogens (primary N) is 1. The fourth-order valence-electron chi connectivity index (χ4n) is 4.07. The molecule has 1 aromatic rings. The Morgan fingerprint density at radius 1 is 0.917 bits per heavy atom. The molecule has 0 spiro atoms. The van der Waals surface area contributed by atoms with E-state index in [1.54, 1.807) is 9.80 Å². The molecule has 0 bridgehead atoms. The van der Waals surface area contributed by atoms with E-state index in [9.17, 15) is 9.59 Å². The molecule has 0 radical (unpaired) electrons. The third kappa shape index (κ3) is 1.67. The third-order valence-corrected chi connectivity index (χ3v) is 6.00. The number of anilines is 1. The Morgan fingerprint density at radius 3 is 2.08 bits per heavy atom. The second kappa shape index (κ2) is 4.78. The van der Waals surface area contributed by atoms with Crippen molar-refractivity contribution in [2.45, 2.75) is 38.1 Å². The number of carbonyl (C=O) groups excluding carboxylic acids is 2. The van der Waals surface area contributed by atoms with Crippen molar-refractivity contribution in [3.63, 3.8) is 0 Å². The van der Waals surface area contributed by atoms with Crippen LogP contribution in [-0.4, -0.2) is 47.2 Å². The van der Waals surface area contributed by atoms with E-state index in [1.807, 2.05) is 0 Å². The van der Waals surface area contributed by atoms with Crippen LogP contribution in [0.2, 0.25) is 0 Å². The highest BCUT2D eigenvalue weighted by Gasteiger charge is 2.46. The maximum absolute atomic E-state index is 12.9. The van der Waals surface area contributed by atoms with Crippen molar-refractivity contribution >= 4 is 33.4 Å². The molecular formula is C16H16BrN3O4. The van der Waals surface area contributed by atoms with Crippen LogP contribution in [0.1, 0.15) is 46.4 Å². The summed E-state index contributed by atoms with van der Waals surface area (Å²) < 4.78 is 12.5. The molecule has 7 nitrogen and oxygen atoms in total. The molecule has 126 valence electrons. The highest BCUT2D eigenvalue weighted by molar-refractivity contribution is 9.10. The van der Waals surface area contributed by atoms with Gasteiger partial charge in [-0.15, -0.1) is 0 Å². The number of nitrogen functional groups attached to an aromatic ring is 1. The number of nitrogens with zero attached hydrogens (tertiary/aromatic N) is 2. The summed E-state index contributed by atoms with van der Waals surface area (Å²) in [4.78, 5) is 29.1. The molecule has 0 aromatic heterocycles. The average molecular weight is 394 g/mol. The minimum absolute atomic E-state index is 0.120. The molecule has 2 fully saturated rings. The second-order valence-electron chi connectivity index (χ2n) is 6.56. The van der Waals surface area contributed by atoms with Crippen LogP contribution < -0.4 is 15.2 Å². The van der Waals surface area contributed by atoms with E-state index in [0.29, 0.717) is 40.2 Å². The first kappa shape index (κ1) is 14.4. The minimum atomic E-state index is -0.295. The third-order valence-electron chi connectivity index (χ3n) is 5.24. The molecule has 2 atom stereocenters. The van der Waals surface area contributed by atoms with Gasteiger partial charge in [-0.1, -0.05) is 0 Å². The van der Waals surface area contributed by atoms with Crippen molar-refractivity contribution in [3.8, 4) is 11.5 Å². The summed E-state index contributed by atoms with van der Waals surface area (Å²) in [5, 5.41) is 0. The zero-order valence-corrected chi connectivity index (χ0v) is 14.5. The van der Waals surface area contributed by atoms with Gasteiger partial charge in [-0.25, -0.2) is 0 Å². The maximum atomic E-state index is 12.9. The molecule has 8 heteroatoms. The van der Waals surface area contributed by atoms with Crippen LogP contribution in [0.4, 0.5) is 5.69 Å². The topological polar surface area (TPSA) is 85.1 Å². The normalized spacial score (nSPS) is 27.2. The fourth-order valence-corrected chi connectivity index (χ4v) is 4.71. The zero-order valence-electron chi connectivity index (χ0n) is 12.9. The van der Waals surface area contributed by atoms with E-state index >= 15 is 0 Å². The van der Waals surface area contributed by atoms with Gasteiger partial charge >= 0.3 is 0 Å². The van der Waals surface area contributed by atoms with Crippen molar-refractivity contribution in [3.05, 3.63) is 15.6 Å².